The Kier molecular flexibility index (Phi) is 3.55. The fourth-order valence-electron chi connectivity index (χ4n) is 5.89. The first-order valence-electron chi connectivity index (χ1n) is 9.17. The van der Waals surface area contributed by atoms with E-state index in [1.54, 1.807) is 0 Å². The number of benzene rings is 1. The lowest BCUT2D eigenvalue weighted by Crippen LogP contribution is -2.47. The Balaban J connectivity index is 1.57. The largest absolute Gasteiger partial charge is 0.487 e. The van der Waals surface area contributed by atoms with Gasteiger partial charge in [0.1, 0.15) is 11.4 Å². The van der Waals surface area contributed by atoms with Gasteiger partial charge in [-0.05, 0) is 67.6 Å². The summed E-state index contributed by atoms with van der Waals surface area (Å²) in [4.78, 5) is 0. The van der Waals surface area contributed by atoms with Gasteiger partial charge < -0.3 is 4.74 Å². The van der Waals surface area contributed by atoms with Crippen molar-refractivity contribution in [3.8, 4) is 5.75 Å². The molecule has 1 aromatic rings. The highest BCUT2D eigenvalue weighted by Crippen LogP contribution is 2.63. The minimum Gasteiger partial charge on any atom is -0.487 e. The van der Waals surface area contributed by atoms with Crippen LogP contribution in [-0.4, -0.2) is 5.60 Å². The van der Waals surface area contributed by atoms with Crippen molar-refractivity contribution in [3.63, 3.8) is 0 Å². The molecule has 0 radical (unpaired) electrons. The topological polar surface area (TPSA) is 9.23 Å². The molecular formula is C21H28O. The van der Waals surface area contributed by atoms with Gasteiger partial charge in [-0.15, -0.1) is 0 Å². The molecule has 1 aromatic carbocycles. The molecule has 0 N–H and O–H groups in total. The van der Waals surface area contributed by atoms with Crippen molar-refractivity contribution >= 4 is 6.08 Å². The van der Waals surface area contributed by atoms with Crippen LogP contribution in [0.3, 0.4) is 0 Å². The molecular weight excluding hydrogens is 268 g/mol. The maximum atomic E-state index is 6.66. The van der Waals surface area contributed by atoms with Crippen LogP contribution >= 0.6 is 0 Å². The Morgan fingerprint density at radius 3 is 2.59 bits per heavy atom. The number of ether oxygens (including phenoxy) is 1. The van der Waals surface area contributed by atoms with Gasteiger partial charge >= 0.3 is 0 Å². The lowest BCUT2D eigenvalue weighted by atomic mass is 9.65. The zero-order valence-electron chi connectivity index (χ0n) is 13.8. The lowest BCUT2D eigenvalue weighted by molar-refractivity contribution is -0.0430. The standard InChI is InChI=1S/C21H28O/c1-3-15-9-11-17(12-10-15)22-21(4-2)14-16-13-20(21)19-8-6-5-7-18(16)19/h3,9-12,16,18-20H,1,4-8,13-14H2,2H3. The molecule has 22 heavy (non-hydrogen) atoms. The van der Waals surface area contributed by atoms with Gasteiger partial charge in [0, 0.05) is 5.92 Å². The summed E-state index contributed by atoms with van der Waals surface area (Å²) >= 11 is 0. The highest BCUT2D eigenvalue weighted by Gasteiger charge is 2.60. The van der Waals surface area contributed by atoms with Crippen molar-refractivity contribution in [2.45, 2.75) is 57.5 Å². The summed E-state index contributed by atoms with van der Waals surface area (Å²) in [5.74, 6) is 4.74. The van der Waals surface area contributed by atoms with Gasteiger partial charge in [-0.1, -0.05) is 44.6 Å². The van der Waals surface area contributed by atoms with Crippen LogP contribution in [0.1, 0.15) is 57.4 Å². The Bertz CT molecular complexity index is 546. The SMILES string of the molecule is C=Cc1ccc(OC2(CC)CC3CC2C2CCCCC32)cc1. The molecule has 0 aromatic heterocycles. The molecule has 3 saturated carbocycles. The zero-order chi connectivity index (χ0) is 15.2. The molecule has 3 aliphatic carbocycles. The van der Waals surface area contributed by atoms with Crippen molar-refractivity contribution in [1.82, 2.24) is 0 Å². The van der Waals surface area contributed by atoms with Gasteiger partial charge in [-0.3, -0.25) is 0 Å². The average Bonchev–Trinajstić information content (AvgIpc) is 3.12. The van der Waals surface area contributed by atoms with Crippen LogP contribution in [0, 0.1) is 23.7 Å². The van der Waals surface area contributed by atoms with Crippen LogP contribution in [0.2, 0.25) is 0 Å². The summed E-state index contributed by atoms with van der Waals surface area (Å²) in [6.45, 7) is 6.16. The van der Waals surface area contributed by atoms with Crippen LogP contribution in [0.15, 0.2) is 30.8 Å². The third kappa shape index (κ3) is 2.13. The summed E-state index contributed by atoms with van der Waals surface area (Å²) in [7, 11) is 0. The van der Waals surface area contributed by atoms with Crippen molar-refractivity contribution in [2.75, 3.05) is 0 Å². The molecule has 1 nitrogen and oxygen atoms in total. The van der Waals surface area contributed by atoms with Crippen LogP contribution in [0.4, 0.5) is 0 Å². The second kappa shape index (κ2) is 5.44. The summed E-state index contributed by atoms with van der Waals surface area (Å²) in [6, 6.07) is 8.47. The van der Waals surface area contributed by atoms with E-state index < -0.39 is 0 Å². The Hall–Kier alpha value is -1.24. The predicted molar refractivity (Wildman–Crippen MR) is 91.8 cm³/mol. The fraction of sp³-hybridized carbons (Fsp3) is 0.619. The number of fused-ring (bicyclic) bond motifs is 5. The van der Waals surface area contributed by atoms with E-state index in [2.05, 4.69) is 37.8 Å². The van der Waals surface area contributed by atoms with E-state index in [0.29, 0.717) is 0 Å². The first-order valence-corrected chi connectivity index (χ1v) is 9.17. The third-order valence-corrected chi connectivity index (χ3v) is 6.87. The Morgan fingerprint density at radius 1 is 1.18 bits per heavy atom. The molecule has 3 fully saturated rings. The average molecular weight is 296 g/mol. The molecule has 0 spiro atoms. The molecule has 0 amide bonds. The first kappa shape index (κ1) is 14.4. The molecule has 118 valence electrons. The predicted octanol–water partition coefficient (Wildman–Crippen LogP) is 5.70. The van der Waals surface area contributed by atoms with Crippen LogP contribution in [0.25, 0.3) is 6.08 Å². The van der Waals surface area contributed by atoms with Gasteiger partial charge in [-0.25, -0.2) is 0 Å². The van der Waals surface area contributed by atoms with E-state index in [-0.39, 0.29) is 5.60 Å². The van der Waals surface area contributed by atoms with Crippen molar-refractivity contribution in [3.05, 3.63) is 36.4 Å². The highest BCUT2D eigenvalue weighted by atomic mass is 16.5. The molecule has 5 atom stereocenters. The van der Waals surface area contributed by atoms with E-state index in [9.17, 15) is 0 Å². The van der Waals surface area contributed by atoms with Gasteiger partial charge in [0.2, 0.25) is 0 Å². The number of hydrogen-bond acceptors (Lipinski definition) is 1. The highest BCUT2D eigenvalue weighted by molar-refractivity contribution is 5.48. The molecule has 0 saturated heterocycles. The second-order valence-electron chi connectivity index (χ2n) is 7.71. The van der Waals surface area contributed by atoms with Crippen molar-refractivity contribution in [1.29, 1.82) is 0 Å². The van der Waals surface area contributed by atoms with E-state index in [1.165, 1.54) is 38.5 Å². The fourth-order valence-corrected chi connectivity index (χ4v) is 5.89. The maximum absolute atomic E-state index is 6.66. The summed E-state index contributed by atoms with van der Waals surface area (Å²) in [5.41, 5.74) is 1.27. The van der Waals surface area contributed by atoms with Crippen LogP contribution in [0.5, 0.6) is 5.75 Å². The van der Waals surface area contributed by atoms with Crippen molar-refractivity contribution in [2.24, 2.45) is 23.7 Å². The molecule has 5 unspecified atom stereocenters. The number of hydrogen-bond donors (Lipinski definition) is 0. The summed E-state index contributed by atoms with van der Waals surface area (Å²) < 4.78 is 6.66. The smallest absolute Gasteiger partial charge is 0.120 e. The molecule has 0 aliphatic heterocycles. The molecule has 0 heterocycles. The van der Waals surface area contributed by atoms with Crippen LogP contribution < -0.4 is 4.74 Å². The van der Waals surface area contributed by atoms with Crippen molar-refractivity contribution < 1.29 is 4.74 Å². The Morgan fingerprint density at radius 2 is 1.91 bits per heavy atom. The van der Waals surface area contributed by atoms with Crippen LogP contribution in [-0.2, 0) is 0 Å². The molecule has 1 heteroatoms. The molecule has 2 bridgehead atoms. The maximum Gasteiger partial charge on any atom is 0.120 e. The summed E-state index contributed by atoms with van der Waals surface area (Å²) in [5, 5.41) is 0. The van der Waals surface area contributed by atoms with Gasteiger partial charge in [0.15, 0.2) is 0 Å². The lowest BCUT2D eigenvalue weighted by Gasteiger charge is -2.46. The number of rotatable bonds is 4. The van der Waals surface area contributed by atoms with Gasteiger partial charge in [0.25, 0.3) is 0 Å². The van der Waals surface area contributed by atoms with Gasteiger partial charge in [0.05, 0.1) is 0 Å². The van der Waals surface area contributed by atoms with Gasteiger partial charge in [-0.2, -0.15) is 0 Å². The van der Waals surface area contributed by atoms with E-state index in [0.717, 1.165) is 41.4 Å². The Labute approximate surface area is 134 Å². The minimum atomic E-state index is 0.110. The molecule has 4 rings (SSSR count). The molecule has 3 aliphatic rings. The third-order valence-electron chi connectivity index (χ3n) is 6.87. The van der Waals surface area contributed by atoms with E-state index in [1.807, 2.05) is 6.08 Å². The first-order chi connectivity index (χ1) is 10.8. The normalized spacial score (nSPS) is 39.5. The second-order valence-corrected chi connectivity index (χ2v) is 7.71. The van der Waals surface area contributed by atoms with E-state index in [4.69, 9.17) is 4.74 Å². The zero-order valence-corrected chi connectivity index (χ0v) is 13.8. The quantitative estimate of drug-likeness (QED) is 0.692. The minimum absolute atomic E-state index is 0.110. The monoisotopic (exact) mass is 296 g/mol. The summed E-state index contributed by atoms with van der Waals surface area (Å²) in [6.07, 6.45) is 11.6. The van der Waals surface area contributed by atoms with E-state index >= 15 is 0 Å².